The predicted octanol–water partition coefficient (Wildman–Crippen LogP) is 1.91. The Kier molecular flexibility index (Phi) is 5.55. The first-order chi connectivity index (χ1) is 9.32. The minimum Gasteiger partial charge on any atom is -0.480 e. The molecule has 0 radical (unpaired) electrons. The molecule has 1 aromatic carbocycles. The van der Waals surface area contributed by atoms with E-state index in [1.165, 1.54) is 0 Å². The number of nitrogens with one attached hydrogen (secondary N) is 1. The molecule has 0 aromatic heterocycles. The van der Waals surface area contributed by atoms with Crippen LogP contribution in [0.3, 0.4) is 0 Å². The van der Waals surface area contributed by atoms with Gasteiger partial charge in [0, 0.05) is 0 Å². The number of hydrogen-bond acceptors (Lipinski definition) is 3. The Morgan fingerprint density at radius 1 is 1.25 bits per heavy atom. The van der Waals surface area contributed by atoms with Crippen LogP contribution in [0.5, 0.6) is 5.75 Å². The summed E-state index contributed by atoms with van der Waals surface area (Å²) in [6.07, 6.45) is -0.714. The van der Waals surface area contributed by atoms with Crippen molar-refractivity contribution in [3.63, 3.8) is 0 Å². The van der Waals surface area contributed by atoms with Gasteiger partial charge in [-0.15, -0.1) is 0 Å². The maximum Gasteiger partial charge on any atom is 0.322 e. The second-order valence-corrected chi connectivity index (χ2v) is 5.11. The van der Waals surface area contributed by atoms with Crippen molar-refractivity contribution in [3.8, 4) is 5.75 Å². The molecule has 20 heavy (non-hydrogen) atoms. The standard InChI is InChI=1S/C15H21NO4/c1-9(2)13(15(19)16-8-12(17)18)20-14-10(3)6-5-7-11(14)4/h5-7,9,13H,8H2,1-4H3,(H,16,19)(H,17,18). The molecule has 0 fully saturated rings. The molecule has 0 saturated carbocycles. The molecule has 1 atom stereocenters. The number of carboxylic acid groups (broad SMARTS) is 1. The number of ether oxygens (including phenoxy) is 1. The Hall–Kier alpha value is -2.04. The van der Waals surface area contributed by atoms with Crippen LogP contribution in [0.2, 0.25) is 0 Å². The van der Waals surface area contributed by atoms with Gasteiger partial charge in [0.2, 0.25) is 0 Å². The number of carbonyl (C=O) groups excluding carboxylic acids is 1. The summed E-state index contributed by atoms with van der Waals surface area (Å²) in [6.45, 7) is 7.14. The lowest BCUT2D eigenvalue weighted by Crippen LogP contribution is -2.43. The van der Waals surface area contributed by atoms with Crippen molar-refractivity contribution in [2.45, 2.75) is 33.8 Å². The smallest absolute Gasteiger partial charge is 0.322 e. The van der Waals surface area contributed by atoms with E-state index in [4.69, 9.17) is 9.84 Å². The fraction of sp³-hybridized carbons (Fsp3) is 0.467. The molecule has 0 spiro atoms. The van der Waals surface area contributed by atoms with E-state index in [1.54, 1.807) is 0 Å². The van der Waals surface area contributed by atoms with E-state index in [2.05, 4.69) is 5.32 Å². The highest BCUT2D eigenvalue weighted by molar-refractivity contribution is 5.85. The van der Waals surface area contributed by atoms with Crippen molar-refractivity contribution in [3.05, 3.63) is 29.3 Å². The van der Waals surface area contributed by atoms with Gasteiger partial charge >= 0.3 is 5.97 Å². The molecule has 5 nitrogen and oxygen atoms in total. The molecular weight excluding hydrogens is 258 g/mol. The molecule has 1 amide bonds. The molecule has 0 heterocycles. The number of amides is 1. The van der Waals surface area contributed by atoms with Gasteiger partial charge in [-0.3, -0.25) is 9.59 Å². The summed E-state index contributed by atoms with van der Waals surface area (Å²) >= 11 is 0. The van der Waals surface area contributed by atoms with E-state index >= 15 is 0 Å². The number of carbonyl (C=O) groups is 2. The fourth-order valence-electron chi connectivity index (χ4n) is 1.87. The van der Waals surface area contributed by atoms with Gasteiger partial charge in [-0.2, -0.15) is 0 Å². The van der Waals surface area contributed by atoms with Crippen LogP contribution < -0.4 is 10.1 Å². The van der Waals surface area contributed by atoms with Crippen molar-refractivity contribution >= 4 is 11.9 Å². The molecule has 0 aliphatic heterocycles. The van der Waals surface area contributed by atoms with Crippen molar-refractivity contribution in [2.75, 3.05) is 6.54 Å². The Morgan fingerprint density at radius 2 is 1.80 bits per heavy atom. The van der Waals surface area contributed by atoms with E-state index in [0.29, 0.717) is 5.75 Å². The number of aliphatic carboxylic acids is 1. The fourth-order valence-corrected chi connectivity index (χ4v) is 1.87. The number of para-hydroxylation sites is 1. The van der Waals surface area contributed by atoms with Crippen LogP contribution >= 0.6 is 0 Å². The first-order valence-electron chi connectivity index (χ1n) is 6.55. The van der Waals surface area contributed by atoms with E-state index in [9.17, 15) is 9.59 Å². The summed E-state index contributed by atoms with van der Waals surface area (Å²) in [6, 6.07) is 5.75. The molecule has 0 aliphatic carbocycles. The van der Waals surface area contributed by atoms with Gasteiger partial charge in [0.15, 0.2) is 6.10 Å². The topological polar surface area (TPSA) is 75.6 Å². The van der Waals surface area contributed by atoms with Gasteiger partial charge < -0.3 is 15.2 Å². The summed E-state index contributed by atoms with van der Waals surface area (Å²) < 4.78 is 5.83. The lowest BCUT2D eigenvalue weighted by molar-refractivity contribution is -0.139. The number of rotatable bonds is 6. The number of carboxylic acids is 1. The molecule has 0 bridgehead atoms. The summed E-state index contributed by atoms with van der Waals surface area (Å²) in [5.74, 6) is -0.877. The molecule has 1 unspecified atom stereocenters. The SMILES string of the molecule is Cc1cccc(C)c1OC(C(=O)NCC(=O)O)C(C)C. The molecule has 0 aliphatic rings. The molecule has 0 saturated heterocycles. The number of hydrogen-bond donors (Lipinski definition) is 2. The zero-order chi connectivity index (χ0) is 15.3. The monoisotopic (exact) mass is 279 g/mol. The quantitative estimate of drug-likeness (QED) is 0.834. The van der Waals surface area contributed by atoms with E-state index < -0.39 is 24.5 Å². The van der Waals surface area contributed by atoms with Crippen LogP contribution in [-0.2, 0) is 9.59 Å². The highest BCUT2D eigenvalue weighted by Gasteiger charge is 2.25. The maximum absolute atomic E-state index is 12.0. The van der Waals surface area contributed by atoms with Crippen molar-refractivity contribution in [1.82, 2.24) is 5.32 Å². The Morgan fingerprint density at radius 3 is 2.25 bits per heavy atom. The van der Waals surface area contributed by atoms with E-state index in [-0.39, 0.29) is 5.92 Å². The first-order valence-corrected chi connectivity index (χ1v) is 6.55. The summed E-state index contributed by atoms with van der Waals surface area (Å²) in [5, 5.41) is 11.0. The van der Waals surface area contributed by atoms with Crippen LogP contribution in [0.25, 0.3) is 0 Å². The Labute approximate surface area is 118 Å². The second kappa shape index (κ2) is 6.93. The lowest BCUT2D eigenvalue weighted by Gasteiger charge is -2.23. The van der Waals surface area contributed by atoms with Crippen molar-refractivity contribution in [1.29, 1.82) is 0 Å². The molecule has 5 heteroatoms. The van der Waals surface area contributed by atoms with Crippen LogP contribution in [0, 0.1) is 19.8 Å². The third-order valence-corrected chi connectivity index (χ3v) is 2.93. The minimum absolute atomic E-state index is 0.0669. The Bertz CT molecular complexity index is 476. The van der Waals surface area contributed by atoms with Crippen LogP contribution in [0.15, 0.2) is 18.2 Å². The largest absolute Gasteiger partial charge is 0.480 e. The summed E-state index contributed by atoms with van der Waals surface area (Å²) in [5.41, 5.74) is 1.89. The average molecular weight is 279 g/mol. The van der Waals surface area contributed by atoms with Gasteiger partial charge in [-0.25, -0.2) is 0 Å². The van der Waals surface area contributed by atoms with E-state index in [0.717, 1.165) is 11.1 Å². The van der Waals surface area contributed by atoms with Gasteiger partial charge in [0.05, 0.1) is 0 Å². The van der Waals surface area contributed by atoms with E-state index in [1.807, 2.05) is 45.9 Å². The lowest BCUT2D eigenvalue weighted by atomic mass is 10.1. The highest BCUT2D eigenvalue weighted by Crippen LogP contribution is 2.25. The van der Waals surface area contributed by atoms with Crippen LogP contribution in [-0.4, -0.2) is 29.6 Å². The maximum atomic E-state index is 12.0. The van der Waals surface area contributed by atoms with Crippen LogP contribution in [0.4, 0.5) is 0 Å². The second-order valence-electron chi connectivity index (χ2n) is 5.11. The highest BCUT2D eigenvalue weighted by atomic mass is 16.5. The normalized spacial score (nSPS) is 12.1. The average Bonchev–Trinajstić information content (AvgIpc) is 2.35. The van der Waals surface area contributed by atoms with Crippen molar-refractivity contribution in [2.24, 2.45) is 5.92 Å². The minimum atomic E-state index is -1.08. The summed E-state index contributed by atoms with van der Waals surface area (Å²) in [4.78, 5) is 22.5. The molecular formula is C15H21NO4. The number of benzene rings is 1. The van der Waals surface area contributed by atoms with Gasteiger partial charge in [-0.1, -0.05) is 32.0 Å². The molecule has 1 aromatic rings. The van der Waals surface area contributed by atoms with Crippen LogP contribution in [0.1, 0.15) is 25.0 Å². The molecule has 1 rings (SSSR count). The third kappa shape index (κ3) is 4.26. The zero-order valence-electron chi connectivity index (χ0n) is 12.3. The predicted molar refractivity (Wildman–Crippen MR) is 75.8 cm³/mol. The van der Waals surface area contributed by atoms with Gasteiger partial charge in [-0.05, 0) is 30.9 Å². The summed E-state index contributed by atoms with van der Waals surface area (Å²) in [7, 11) is 0. The Balaban J connectivity index is 2.87. The molecule has 110 valence electrons. The number of aryl methyl sites for hydroxylation is 2. The van der Waals surface area contributed by atoms with Gasteiger partial charge in [0.25, 0.3) is 5.91 Å². The zero-order valence-corrected chi connectivity index (χ0v) is 12.3. The third-order valence-electron chi connectivity index (χ3n) is 2.93. The van der Waals surface area contributed by atoms with Crippen molar-refractivity contribution < 1.29 is 19.4 Å². The van der Waals surface area contributed by atoms with Gasteiger partial charge in [0.1, 0.15) is 12.3 Å². The first kappa shape index (κ1) is 16.0. The molecule has 2 N–H and O–H groups in total.